The van der Waals surface area contributed by atoms with Crippen molar-refractivity contribution < 1.29 is 18.8 Å². The highest BCUT2D eigenvalue weighted by Gasteiger charge is 2.60. The summed E-state index contributed by atoms with van der Waals surface area (Å²) in [5.41, 5.74) is 3.10. The van der Waals surface area contributed by atoms with E-state index in [2.05, 4.69) is 0 Å². The Bertz CT molecular complexity index is 1120. The molecule has 0 unspecified atom stereocenters. The van der Waals surface area contributed by atoms with Crippen molar-refractivity contribution in [2.45, 2.75) is 25.5 Å². The quantitative estimate of drug-likeness (QED) is 0.590. The first kappa shape index (κ1) is 19.5. The number of anilines is 2. The number of hydrogen-bond acceptors (Lipinski definition) is 4. The van der Waals surface area contributed by atoms with Crippen LogP contribution in [-0.2, 0) is 20.8 Å². The van der Waals surface area contributed by atoms with Crippen LogP contribution >= 0.6 is 0 Å². The van der Waals surface area contributed by atoms with Crippen LogP contribution in [0.2, 0.25) is 0 Å². The molecule has 3 aromatic rings. The molecule has 2 amide bonds. The zero-order valence-electron chi connectivity index (χ0n) is 16.9. The minimum absolute atomic E-state index is 0.313. The molecule has 156 valence electrons. The fourth-order valence-electron chi connectivity index (χ4n) is 4.35. The van der Waals surface area contributed by atoms with Gasteiger partial charge < -0.3 is 0 Å². The lowest BCUT2D eigenvalue weighted by atomic mass is 9.90. The number of imide groups is 1. The minimum Gasteiger partial charge on any atom is -0.273 e. The van der Waals surface area contributed by atoms with Gasteiger partial charge in [-0.25, -0.2) is 14.4 Å². The summed E-state index contributed by atoms with van der Waals surface area (Å²) < 4.78 is 13.6. The van der Waals surface area contributed by atoms with Crippen LogP contribution in [0.25, 0.3) is 0 Å². The highest BCUT2D eigenvalue weighted by Crippen LogP contribution is 2.47. The predicted octanol–water partition coefficient (Wildman–Crippen LogP) is 4.44. The van der Waals surface area contributed by atoms with Crippen molar-refractivity contribution in [3.63, 3.8) is 0 Å². The summed E-state index contributed by atoms with van der Waals surface area (Å²) in [4.78, 5) is 34.0. The molecule has 0 radical (unpaired) electrons. The third-order valence-corrected chi connectivity index (χ3v) is 5.94. The molecular formula is C25H21FN2O3. The molecule has 2 heterocycles. The van der Waals surface area contributed by atoms with E-state index in [4.69, 9.17) is 4.84 Å². The third-order valence-electron chi connectivity index (χ3n) is 5.94. The number of halogens is 1. The summed E-state index contributed by atoms with van der Waals surface area (Å²) in [7, 11) is 0. The number of nitrogens with zero attached hydrogens (tertiary/aromatic N) is 2. The number of benzene rings is 3. The molecule has 0 bridgehead atoms. The van der Waals surface area contributed by atoms with Crippen LogP contribution in [0.3, 0.4) is 0 Å². The van der Waals surface area contributed by atoms with Gasteiger partial charge in [-0.2, -0.15) is 0 Å². The van der Waals surface area contributed by atoms with E-state index in [1.165, 1.54) is 17.0 Å². The van der Waals surface area contributed by atoms with Crippen LogP contribution in [0.1, 0.15) is 24.1 Å². The van der Waals surface area contributed by atoms with Crippen LogP contribution in [0, 0.1) is 11.7 Å². The third kappa shape index (κ3) is 3.20. The van der Waals surface area contributed by atoms with Gasteiger partial charge in [0, 0.05) is 0 Å². The smallest absolute Gasteiger partial charge is 0.266 e. The average molecular weight is 416 g/mol. The lowest BCUT2D eigenvalue weighted by molar-refractivity contribution is -0.126. The number of hydroxylamine groups is 1. The highest BCUT2D eigenvalue weighted by atomic mass is 19.1. The molecule has 2 saturated heterocycles. The summed E-state index contributed by atoms with van der Waals surface area (Å²) in [6.07, 6.45) is -0.0662. The SMILES string of the molecule is CCc1ccc(N2C(=O)[C@H]3[C@@H](c4ccc(F)cc4)N(c4ccccc4)O[C@H]3C2=O)cc1. The molecule has 31 heavy (non-hydrogen) atoms. The Labute approximate surface area is 179 Å². The summed E-state index contributed by atoms with van der Waals surface area (Å²) in [5.74, 6) is -1.79. The van der Waals surface area contributed by atoms with Gasteiger partial charge in [0.05, 0.1) is 17.4 Å². The number of aryl methyl sites for hydroxylation is 1. The van der Waals surface area contributed by atoms with Crippen molar-refractivity contribution in [3.05, 3.63) is 95.8 Å². The minimum atomic E-state index is -0.936. The lowest BCUT2D eigenvalue weighted by Gasteiger charge is -2.28. The summed E-state index contributed by atoms with van der Waals surface area (Å²) in [6, 6.07) is 22.2. The Kier molecular flexibility index (Phi) is 4.79. The van der Waals surface area contributed by atoms with Crippen LogP contribution in [0.4, 0.5) is 15.8 Å². The number of amides is 2. The van der Waals surface area contributed by atoms with Crippen LogP contribution in [0.15, 0.2) is 78.9 Å². The van der Waals surface area contributed by atoms with E-state index >= 15 is 0 Å². The zero-order chi connectivity index (χ0) is 21.5. The molecule has 3 aromatic carbocycles. The maximum absolute atomic E-state index is 13.6. The van der Waals surface area contributed by atoms with E-state index < -0.39 is 18.1 Å². The molecule has 5 nitrogen and oxygen atoms in total. The number of carbonyl (C=O) groups excluding carboxylic acids is 2. The Morgan fingerprint density at radius 3 is 2.16 bits per heavy atom. The summed E-state index contributed by atoms with van der Waals surface area (Å²) in [5, 5.41) is 1.61. The maximum Gasteiger partial charge on any atom is 0.266 e. The van der Waals surface area contributed by atoms with Gasteiger partial charge in [0.25, 0.3) is 5.91 Å². The first-order valence-corrected chi connectivity index (χ1v) is 10.3. The molecule has 2 aliphatic heterocycles. The van der Waals surface area contributed by atoms with Crippen molar-refractivity contribution in [2.75, 3.05) is 9.96 Å². The molecule has 0 saturated carbocycles. The fraction of sp³-hybridized carbons (Fsp3) is 0.200. The van der Waals surface area contributed by atoms with Gasteiger partial charge in [-0.1, -0.05) is 49.4 Å². The van der Waals surface area contributed by atoms with E-state index in [-0.39, 0.29) is 17.6 Å². The number of para-hydroxylation sites is 1. The number of carbonyl (C=O) groups is 2. The molecule has 2 fully saturated rings. The Hall–Kier alpha value is -3.51. The molecule has 5 rings (SSSR count). The molecule has 2 aliphatic rings. The molecule has 0 aliphatic carbocycles. The zero-order valence-corrected chi connectivity index (χ0v) is 16.9. The van der Waals surface area contributed by atoms with E-state index in [9.17, 15) is 14.0 Å². The van der Waals surface area contributed by atoms with Crippen LogP contribution < -0.4 is 9.96 Å². The highest BCUT2D eigenvalue weighted by molar-refractivity contribution is 6.23. The lowest BCUT2D eigenvalue weighted by Crippen LogP contribution is -2.37. The molecule has 3 atom stereocenters. The first-order valence-electron chi connectivity index (χ1n) is 10.3. The summed E-state index contributed by atoms with van der Waals surface area (Å²) in [6.45, 7) is 2.05. The second kappa shape index (κ2) is 7.63. The van der Waals surface area contributed by atoms with Gasteiger partial charge in [0.2, 0.25) is 5.91 Å². The monoisotopic (exact) mass is 416 g/mol. The van der Waals surface area contributed by atoms with Crippen molar-refractivity contribution >= 4 is 23.2 Å². The molecule has 0 spiro atoms. The van der Waals surface area contributed by atoms with Gasteiger partial charge >= 0.3 is 0 Å². The van der Waals surface area contributed by atoms with E-state index in [0.29, 0.717) is 11.3 Å². The van der Waals surface area contributed by atoms with Crippen LogP contribution in [-0.4, -0.2) is 17.9 Å². The van der Waals surface area contributed by atoms with E-state index in [0.717, 1.165) is 17.7 Å². The van der Waals surface area contributed by atoms with Gasteiger partial charge in [-0.05, 0) is 53.9 Å². The Balaban J connectivity index is 1.56. The van der Waals surface area contributed by atoms with Crippen molar-refractivity contribution in [1.29, 1.82) is 0 Å². The molecule has 0 N–H and O–H groups in total. The maximum atomic E-state index is 13.6. The second-order valence-electron chi connectivity index (χ2n) is 7.74. The van der Waals surface area contributed by atoms with Crippen LogP contribution in [0.5, 0.6) is 0 Å². The van der Waals surface area contributed by atoms with Gasteiger partial charge in [0.15, 0.2) is 6.10 Å². The predicted molar refractivity (Wildman–Crippen MR) is 115 cm³/mol. The second-order valence-corrected chi connectivity index (χ2v) is 7.74. The van der Waals surface area contributed by atoms with E-state index in [1.807, 2.05) is 49.4 Å². The first-order chi connectivity index (χ1) is 15.1. The fourth-order valence-corrected chi connectivity index (χ4v) is 4.35. The number of rotatable bonds is 4. The average Bonchev–Trinajstić information content (AvgIpc) is 3.31. The van der Waals surface area contributed by atoms with Gasteiger partial charge in [-0.15, -0.1) is 0 Å². The van der Waals surface area contributed by atoms with E-state index in [1.54, 1.807) is 29.3 Å². The summed E-state index contributed by atoms with van der Waals surface area (Å²) >= 11 is 0. The number of fused-ring (bicyclic) bond motifs is 1. The van der Waals surface area contributed by atoms with Crippen molar-refractivity contribution in [1.82, 2.24) is 0 Å². The molecule has 0 aromatic heterocycles. The molecular weight excluding hydrogens is 395 g/mol. The standard InChI is InChI=1S/C25H21FN2O3/c1-2-16-8-14-19(15-9-16)27-24(29)21-22(17-10-12-18(26)13-11-17)28(31-23(21)25(27)30)20-6-4-3-5-7-20/h3-15,21-23H,2H2,1H3/t21-,22+,23+/m0/s1. The topological polar surface area (TPSA) is 49.9 Å². The number of hydrogen-bond donors (Lipinski definition) is 0. The van der Waals surface area contributed by atoms with Crippen molar-refractivity contribution in [2.24, 2.45) is 5.92 Å². The normalized spacial score (nSPS) is 22.8. The van der Waals surface area contributed by atoms with Gasteiger partial charge in [-0.3, -0.25) is 14.4 Å². The van der Waals surface area contributed by atoms with Gasteiger partial charge in [0.1, 0.15) is 11.7 Å². The Morgan fingerprint density at radius 1 is 0.839 bits per heavy atom. The van der Waals surface area contributed by atoms with Crippen molar-refractivity contribution in [3.8, 4) is 0 Å². The largest absolute Gasteiger partial charge is 0.273 e. The Morgan fingerprint density at radius 2 is 1.52 bits per heavy atom. The molecule has 6 heteroatoms.